The molecule has 0 radical (unpaired) electrons. The van der Waals surface area contributed by atoms with E-state index in [1.54, 1.807) is 28.8 Å². The summed E-state index contributed by atoms with van der Waals surface area (Å²) in [7, 11) is 1.28. The maximum Gasteiger partial charge on any atom is 0.341 e. The number of anilines is 1. The van der Waals surface area contributed by atoms with Gasteiger partial charge >= 0.3 is 5.97 Å². The molecule has 0 spiro atoms. The molecule has 0 bridgehead atoms. The molecule has 0 aliphatic carbocycles. The third kappa shape index (κ3) is 5.78. The van der Waals surface area contributed by atoms with Crippen molar-refractivity contribution in [2.45, 2.75) is 45.3 Å². The first kappa shape index (κ1) is 27.0. The number of carbonyl (C=O) groups excluding carboxylic acids is 2. The molecule has 0 aliphatic heterocycles. The van der Waals surface area contributed by atoms with Gasteiger partial charge in [0, 0.05) is 33.3 Å². The zero-order valence-electron chi connectivity index (χ0n) is 21.0. The molecule has 0 atom stereocenters. The Morgan fingerprint density at radius 3 is 2.51 bits per heavy atom. The highest BCUT2D eigenvalue weighted by Gasteiger charge is 2.23. The van der Waals surface area contributed by atoms with E-state index in [2.05, 4.69) is 46.2 Å². The van der Waals surface area contributed by atoms with E-state index in [4.69, 9.17) is 4.74 Å². The highest BCUT2D eigenvalue weighted by Crippen LogP contribution is 2.37. The third-order valence-corrected chi connectivity index (χ3v) is 8.60. The molecule has 0 saturated heterocycles. The summed E-state index contributed by atoms with van der Waals surface area (Å²) in [5.41, 5.74) is 3.84. The van der Waals surface area contributed by atoms with Crippen molar-refractivity contribution in [1.29, 1.82) is 0 Å². The number of aromatic nitrogens is 3. The van der Waals surface area contributed by atoms with Crippen LogP contribution in [0, 0.1) is 12.7 Å². The maximum absolute atomic E-state index is 13.4. The van der Waals surface area contributed by atoms with Crippen LogP contribution in [-0.4, -0.2) is 39.5 Å². The van der Waals surface area contributed by atoms with Gasteiger partial charge in [-0.3, -0.25) is 4.79 Å². The molecule has 4 aromatic rings. The minimum absolute atomic E-state index is 0.0928. The van der Waals surface area contributed by atoms with Crippen molar-refractivity contribution in [3.8, 4) is 22.5 Å². The second kappa shape index (κ2) is 12.0. The lowest BCUT2D eigenvalue weighted by Gasteiger charge is -2.10. The topological polar surface area (TPSA) is 86.1 Å². The standard InChI is InChI=1S/C26H27FN4O3S3/c1-5-11-31-23(20-13-35-15(3)18(20)6-2)29-30-26(31)37-14-21(32)28-24-22(25(33)34-4)19(12-36-24)16-7-9-17(27)10-8-16/h7-10,12-13H,5-6,11,14H2,1-4H3,(H,28,32). The Morgan fingerprint density at radius 2 is 1.84 bits per heavy atom. The number of carbonyl (C=O) groups is 2. The summed E-state index contributed by atoms with van der Waals surface area (Å²) in [4.78, 5) is 26.7. The summed E-state index contributed by atoms with van der Waals surface area (Å²) in [5, 5.41) is 16.6. The summed E-state index contributed by atoms with van der Waals surface area (Å²) >= 11 is 4.23. The van der Waals surface area contributed by atoms with Crippen molar-refractivity contribution in [3.63, 3.8) is 0 Å². The molecule has 0 unspecified atom stereocenters. The first-order valence-corrected chi connectivity index (χ1v) is 14.5. The largest absolute Gasteiger partial charge is 0.465 e. The van der Waals surface area contributed by atoms with Gasteiger partial charge in [0.25, 0.3) is 0 Å². The fourth-order valence-corrected chi connectivity index (χ4v) is 6.69. The van der Waals surface area contributed by atoms with E-state index in [-0.39, 0.29) is 23.0 Å². The number of ether oxygens (including phenoxy) is 1. The van der Waals surface area contributed by atoms with Gasteiger partial charge in [-0.25, -0.2) is 9.18 Å². The number of aryl methyl sites for hydroxylation is 1. The minimum atomic E-state index is -0.575. The number of nitrogens with one attached hydrogen (secondary N) is 1. The molecule has 1 N–H and O–H groups in total. The van der Waals surface area contributed by atoms with Crippen molar-refractivity contribution in [3.05, 3.63) is 56.8 Å². The Kier molecular flexibility index (Phi) is 8.78. The predicted octanol–water partition coefficient (Wildman–Crippen LogP) is 6.67. The highest BCUT2D eigenvalue weighted by molar-refractivity contribution is 7.99. The van der Waals surface area contributed by atoms with E-state index in [1.165, 1.54) is 52.8 Å². The van der Waals surface area contributed by atoms with Crippen LogP contribution >= 0.6 is 34.4 Å². The van der Waals surface area contributed by atoms with Crippen LogP contribution in [0.25, 0.3) is 22.5 Å². The fourth-order valence-electron chi connectivity index (χ4n) is 4.02. The van der Waals surface area contributed by atoms with Gasteiger partial charge < -0.3 is 14.6 Å². The Morgan fingerprint density at radius 1 is 1.11 bits per heavy atom. The van der Waals surface area contributed by atoms with Crippen LogP contribution in [0.1, 0.15) is 41.1 Å². The molecule has 3 heterocycles. The van der Waals surface area contributed by atoms with E-state index in [0.717, 1.165) is 30.8 Å². The van der Waals surface area contributed by atoms with Crippen LogP contribution in [-0.2, 0) is 22.5 Å². The van der Waals surface area contributed by atoms with Gasteiger partial charge in [-0.05, 0) is 43.0 Å². The lowest BCUT2D eigenvalue weighted by molar-refractivity contribution is -0.113. The van der Waals surface area contributed by atoms with Crippen LogP contribution in [0.2, 0.25) is 0 Å². The van der Waals surface area contributed by atoms with Gasteiger partial charge in [0.2, 0.25) is 5.91 Å². The number of benzene rings is 1. The normalized spacial score (nSPS) is 11.1. The number of nitrogens with zero attached hydrogens (tertiary/aromatic N) is 3. The zero-order valence-corrected chi connectivity index (χ0v) is 23.4. The second-order valence-electron chi connectivity index (χ2n) is 8.18. The first-order valence-electron chi connectivity index (χ1n) is 11.8. The zero-order chi connectivity index (χ0) is 26.5. The molecule has 194 valence electrons. The van der Waals surface area contributed by atoms with Crippen LogP contribution < -0.4 is 5.32 Å². The van der Waals surface area contributed by atoms with Gasteiger partial charge in [0.05, 0.1) is 12.9 Å². The van der Waals surface area contributed by atoms with E-state index >= 15 is 0 Å². The number of hydrogen-bond acceptors (Lipinski definition) is 8. The third-order valence-electron chi connectivity index (χ3n) is 5.78. The summed E-state index contributed by atoms with van der Waals surface area (Å²) < 4.78 is 20.4. The summed E-state index contributed by atoms with van der Waals surface area (Å²) in [6.07, 6.45) is 1.82. The van der Waals surface area contributed by atoms with Crippen LogP contribution in [0.5, 0.6) is 0 Å². The monoisotopic (exact) mass is 558 g/mol. The average molecular weight is 559 g/mol. The van der Waals surface area contributed by atoms with E-state index < -0.39 is 5.97 Å². The average Bonchev–Trinajstić information content (AvgIpc) is 3.59. The number of methoxy groups -OCH3 is 1. The van der Waals surface area contributed by atoms with E-state index in [1.807, 2.05) is 0 Å². The summed E-state index contributed by atoms with van der Waals surface area (Å²) in [6, 6.07) is 5.82. The molecular weight excluding hydrogens is 532 g/mol. The molecular formula is C26H27FN4O3S3. The van der Waals surface area contributed by atoms with Gasteiger partial charge in [-0.15, -0.1) is 32.9 Å². The van der Waals surface area contributed by atoms with Crippen LogP contribution in [0.3, 0.4) is 0 Å². The number of thioether (sulfide) groups is 1. The number of hydrogen-bond donors (Lipinski definition) is 1. The van der Waals surface area contributed by atoms with Crippen molar-refractivity contribution in [1.82, 2.24) is 14.8 Å². The van der Waals surface area contributed by atoms with E-state index in [0.29, 0.717) is 21.3 Å². The molecule has 7 nitrogen and oxygen atoms in total. The molecule has 0 fully saturated rings. The molecule has 0 saturated carbocycles. The van der Waals surface area contributed by atoms with Crippen LogP contribution in [0.15, 0.2) is 40.2 Å². The molecule has 4 rings (SSSR count). The van der Waals surface area contributed by atoms with Gasteiger partial charge in [-0.1, -0.05) is 37.7 Å². The summed E-state index contributed by atoms with van der Waals surface area (Å²) in [5.74, 6) is -0.316. The van der Waals surface area contributed by atoms with Crippen molar-refractivity contribution >= 4 is 51.3 Å². The molecule has 0 aliphatic rings. The lowest BCUT2D eigenvalue weighted by Crippen LogP contribution is -2.16. The molecule has 37 heavy (non-hydrogen) atoms. The molecule has 3 aromatic heterocycles. The number of rotatable bonds is 10. The fraction of sp³-hybridized carbons (Fsp3) is 0.308. The highest BCUT2D eigenvalue weighted by atomic mass is 32.2. The van der Waals surface area contributed by atoms with Crippen molar-refractivity contribution in [2.24, 2.45) is 0 Å². The molecule has 1 aromatic carbocycles. The Labute approximate surface area is 227 Å². The predicted molar refractivity (Wildman–Crippen MR) is 148 cm³/mol. The minimum Gasteiger partial charge on any atom is -0.465 e. The quantitative estimate of drug-likeness (QED) is 0.173. The van der Waals surface area contributed by atoms with Crippen LogP contribution in [0.4, 0.5) is 9.39 Å². The Bertz CT molecular complexity index is 1410. The molecule has 1 amide bonds. The van der Waals surface area contributed by atoms with Gasteiger partial charge in [0.15, 0.2) is 11.0 Å². The summed E-state index contributed by atoms with van der Waals surface area (Å²) in [6.45, 7) is 7.08. The Balaban J connectivity index is 1.53. The van der Waals surface area contributed by atoms with Gasteiger partial charge in [-0.2, -0.15) is 0 Å². The lowest BCUT2D eigenvalue weighted by atomic mass is 10.0. The Hall–Kier alpha value is -3.02. The first-order chi connectivity index (χ1) is 17.9. The van der Waals surface area contributed by atoms with Gasteiger partial charge in [0.1, 0.15) is 16.4 Å². The SMILES string of the molecule is CCCn1c(SCC(=O)Nc2scc(-c3ccc(F)cc3)c2C(=O)OC)nnc1-c1csc(C)c1CC. The van der Waals surface area contributed by atoms with Crippen molar-refractivity contribution in [2.75, 3.05) is 18.2 Å². The number of esters is 1. The van der Waals surface area contributed by atoms with Crippen molar-refractivity contribution < 1.29 is 18.7 Å². The number of amides is 1. The number of halogens is 1. The maximum atomic E-state index is 13.4. The smallest absolute Gasteiger partial charge is 0.341 e. The van der Waals surface area contributed by atoms with E-state index in [9.17, 15) is 14.0 Å². The molecule has 11 heteroatoms. The number of thiophene rings is 2. The second-order valence-corrected chi connectivity index (χ2v) is 11.1.